The second-order valence-corrected chi connectivity index (χ2v) is 3.95. The summed E-state index contributed by atoms with van der Waals surface area (Å²) in [6.07, 6.45) is -3.25. The highest BCUT2D eigenvalue weighted by Gasteiger charge is 2.30. The molecule has 0 spiro atoms. The van der Waals surface area contributed by atoms with Gasteiger partial charge in [0.2, 0.25) is 0 Å². The molecule has 1 aromatic heterocycles. The second-order valence-electron chi connectivity index (χ2n) is 3.95. The van der Waals surface area contributed by atoms with Gasteiger partial charge in [-0.3, -0.25) is 9.36 Å². The molecule has 1 heterocycles. The quantitative estimate of drug-likeness (QED) is 0.831. The van der Waals surface area contributed by atoms with Gasteiger partial charge in [0, 0.05) is 11.9 Å². The van der Waals surface area contributed by atoms with Crippen LogP contribution >= 0.6 is 0 Å². The lowest BCUT2D eigenvalue weighted by atomic mass is 10.2. The summed E-state index contributed by atoms with van der Waals surface area (Å²) in [4.78, 5) is 11.8. The number of aromatic nitrogens is 1. The van der Waals surface area contributed by atoms with Crippen LogP contribution in [0.1, 0.15) is 5.56 Å². The summed E-state index contributed by atoms with van der Waals surface area (Å²) in [6, 6.07) is 5.62. The van der Waals surface area contributed by atoms with E-state index in [1.165, 1.54) is 24.4 Å². The number of anilines is 2. The summed E-state index contributed by atoms with van der Waals surface area (Å²) >= 11 is 0. The smallest absolute Gasteiger partial charge is 0.397 e. The van der Waals surface area contributed by atoms with Crippen LogP contribution < -0.4 is 17.0 Å². The maximum atomic E-state index is 12.6. The first-order chi connectivity index (χ1) is 8.79. The zero-order chi connectivity index (χ0) is 14.2. The van der Waals surface area contributed by atoms with Crippen molar-refractivity contribution in [1.29, 1.82) is 0 Å². The Morgan fingerprint density at radius 3 is 2.42 bits per heavy atom. The number of benzene rings is 1. The fraction of sp³-hybridized carbons (Fsp3) is 0.0833. The van der Waals surface area contributed by atoms with Crippen LogP contribution in [0.4, 0.5) is 24.5 Å². The Labute approximate surface area is 106 Å². The summed E-state index contributed by atoms with van der Waals surface area (Å²) in [7, 11) is 0. The van der Waals surface area contributed by atoms with Gasteiger partial charge in [-0.05, 0) is 24.3 Å². The molecule has 0 saturated carbocycles. The summed E-state index contributed by atoms with van der Waals surface area (Å²) in [5.74, 6) is 0. The Bertz CT molecular complexity index is 677. The highest BCUT2D eigenvalue weighted by molar-refractivity contribution is 5.51. The second kappa shape index (κ2) is 4.34. The molecule has 7 heteroatoms. The largest absolute Gasteiger partial charge is 0.416 e. The van der Waals surface area contributed by atoms with Crippen molar-refractivity contribution in [3.05, 3.63) is 52.4 Å². The predicted octanol–water partition coefficient (Wildman–Crippen LogP) is 2.02. The average Bonchev–Trinajstić information content (AvgIpc) is 2.33. The molecule has 1 aromatic carbocycles. The molecule has 4 N–H and O–H groups in total. The van der Waals surface area contributed by atoms with Crippen molar-refractivity contribution in [2.24, 2.45) is 0 Å². The highest BCUT2D eigenvalue weighted by Crippen LogP contribution is 2.30. The Hall–Kier alpha value is -2.44. The first-order valence-electron chi connectivity index (χ1n) is 5.24. The van der Waals surface area contributed by atoms with E-state index >= 15 is 0 Å². The Kier molecular flexibility index (Phi) is 2.97. The van der Waals surface area contributed by atoms with Crippen molar-refractivity contribution in [3.8, 4) is 5.69 Å². The van der Waals surface area contributed by atoms with E-state index in [1.54, 1.807) is 0 Å². The zero-order valence-corrected chi connectivity index (χ0v) is 9.61. The van der Waals surface area contributed by atoms with Gasteiger partial charge in [-0.2, -0.15) is 13.2 Å². The molecule has 0 amide bonds. The number of nitrogens with two attached hydrogens (primary N) is 2. The first-order valence-corrected chi connectivity index (χ1v) is 5.24. The van der Waals surface area contributed by atoms with Gasteiger partial charge in [0.15, 0.2) is 0 Å². The number of rotatable bonds is 1. The number of halogens is 3. The minimum absolute atomic E-state index is 0.0545. The van der Waals surface area contributed by atoms with Crippen LogP contribution in [-0.4, -0.2) is 4.57 Å². The van der Waals surface area contributed by atoms with Crippen molar-refractivity contribution in [2.75, 3.05) is 11.5 Å². The van der Waals surface area contributed by atoms with Crippen LogP contribution in [0.25, 0.3) is 5.69 Å². The van der Waals surface area contributed by atoms with E-state index in [1.807, 2.05) is 0 Å². The molecule has 0 radical (unpaired) electrons. The van der Waals surface area contributed by atoms with Crippen LogP contribution in [0.2, 0.25) is 0 Å². The number of nitrogens with zero attached hydrogens (tertiary/aromatic N) is 1. The van der Waals surface area contributed by atoms with Gasteiger partial charge in [-0.25, -0.2) is 0 Å². The van der Waals surface area contributed by atoms with Crippen molar-refractivity contribution >= 4 is 11.4 Å². The third-order valence-corrected chi connectivity index (χ3v) is 2.52. The van der Waals surface area contributed by atoms with Gasteiger partial charge in [0.05, 0.1) is 11.3 Å². The van der Waals surface area contributed by atoms with Crippen molar-refractivity contribution in [1.82, 2.24) is 4.57 Å². The van der Waals surface area contributed by atoms with E-state index in [-0.39, 0.29) is 17.1 Å². The molecule has 19 heavy (non-hydrogen) atoms. The SMILES string of the molecule is Nc1cc(N)c(=O)n(-c2cccc(C(F)(F)F)c2)c1. The summed E-state index contributed by atoms with van der Waals surface area (Å²) < 4.78 is 38.8. The normalized spacial score (nSPS) is 11.5. The number of hydrogen-bond donors (Lipinski definition) is 2. The maximum absolute atomic E-state index is 12.6. The maximum Gasteiger partial charge on any atom is 0.416 e. The minimum Gasteiger partial charge on any atom is -0.397 e. The van der Waals surface area contributed by atoms with Gasteiger partial charge in [-0.1, -0.05) is 6.07 Å². The van der Waals surface area contributed by atoms with E-state index < -0.39 is 17.3 Å². The molecule has 2 aromatic rings. The monoisotopic (exact) mass is 269 g/mol. The van der Waals surface area contributed by atoms with Crippen LogP contribution in [0.15, 0.2) is 41.3 Å². The van der Waals surface area contributed by atoms with E-state index in [0.29, 0.717) is 0 Å². The van der Waals surface area contributed by atoms with Gasteiger partial charge >= 0.3 is 6.18 Å². The molecule has 0 atom stereocenters. The number of alkyl halides is 3. The van der Waals surface area contributed by atoms with E-state index in [0.717, 1.165) is 16.7 Å². The molecule has 100 valence electrons. The van der Waals surface area contributed by atoms with Crippen molar-refractivity contribution in [3.63, 3.8) is 0 Å². The lowest BCUT2D eigenvalue weighted by molar-refractivity contribution is -0.137. The first kappa shape index (κ1) is 13.0. The predicted molar refractivity (Wildman–Crippen MR) is 65.9 cm³/mol. The summed E-state index contributed by atoms with van der Waals surface area (Å²) in [5, 5.41) is 0. The highest BCUT2D eigenvalue weighted by atomic mass is 19.4. The van der Waals surface area contributed by atoms with Gasteiger partial charge < -0.3 is 11.5 Å². The number of hydrogen-bond acceptors (Lipinski definition) is 3. The molecule has 0 aliphatic heterocycles. The average molecular weight is 269 g/mol. The van der Waals surface area contributed by atoms with Gasteiger partial charge in [0.25, 0.3) is 5.56 Å². The Morgan fingerprint density at radius 2 is 1.79 bits per heavy atom. The molecule has 0 aliphatic carbocycles. The lowest BCUT2D eigenvalue weighted by Gasteiger charge is -2.11. The molecule has 2 rings (SSSR count). The van der Waals surface area contributed by atoms with Crippen molar-refractivity contribution in [2.45, 2.75) is 6.18 Å². The molecule has 4 nitrogen and oxygen atoms in total. The van der Waals surface area contributed by atoms with Crippen LogP contribution in [-0.2, 0) is 6.18 Å². The van der Waals surface area contributed by atoms with Crippen molar-refractivity contribution < 1.29 is 13.2 Å². The Morgan fingerprint density at radius 1 is 1.11 bits per heavy atom. The van der Waals surface area contributed by atoms with Crippen LogP contribution in [0, 0.1) is 0 Å². The van der Waals surface area contributed by atoms with Gasteiger partial charge in [-0.15, -0.1) is 0 Å². The molecular formula is C12H10F3N3O. The Balaban J connectivity index is 2.64. The molecule has 0 bridgehead atoms. The summed E-state index contributed by atoms with van der Waals surface area (Å²) in [6.45, 7) is 0. The topological polar surface area (TPSA) is 74.0 Å². The minimum atomic E-state index is -4.48. The summed E-state index contributed by atoms with van der Waals surface area (Å²) in [5.41, 5.74) is 9.62. The molecular weight excluding hydrogens is 259 g/mol. The molecule has 0 unspecified atom stereocenters. The van der Waals surface area contributed by atoms with E-state index in [9.17, 15) is 18.0 Å². The fourth-order valence-electron chi connectivity index (χ4n) is 1.65. The van der Waals surface area contributed by atoms with Gasteiger partial charge in [0.1, 0.15) is 5.69 Å². The molecule has 0 fully saturated rings. The standard InChI is InChI=1S/C12H10F3N3O/c13-12(14,15)7-2-1-3-9(4-7)18-6-8(16)5-10(17)11(18)19/h1-6H,16-17H2. The van der Waals surface area contributed by atoms with E-state index in [2.05, 4.69) is 0 Å². The number of nitrogen functional groups attached to an aromatic ring is 2. The zero-order valence-electron chi connectivity index (χ0n) is 9.61. The third kappa shape index (κ3) is 2.54. The third-order valence-electron chi connectivity index (χ3n) is 2.52. The molecule has 0 saturated heterocycles. The number of pyridine rings is 1. The molecule has 0 aliphatic rings. The van der Waals surface area contributed by atoms with Crippen LogP contribution in [0.3, 0.4) is 0 Å². The van der Waals surface area contributed by atoms with E-state index in [4.69, 9.17) is 11.5 Å². The lowest BCUT2D eigenvalue weighted by Crippen LogP contribution is -2.22. The van der Waals surface area contributed by atoms with Crippen LogP contribution in [0.5, 0.6) is 0 Å². The fourth-order valence-corrected chi connectivity index (χ4v) is 1.65.